The van der Waals surface area contributed by atoms with E-state index in [1.165, 1.54) is 29.5 Å². The van der Waals surface area contributed by atoms with Gasteiger partial charge in [-0.05, 0) is 57.2 Å². The lowest BCUT2D eigenvalue weighted by atomic mass is 9.95. The highest BCUT2D eigenvalue weighted by molar-refractivity contribution is 5.95. The normalized spacial score (nSPS) is 14.7. The van der Waals surface area contributed by atoms with Gasteiger partial charge in [-0.25, -0.2) is 4.79 Å². The molecule has 3 nitrogen and oxygen atoms in total. The fourth-order valence-electron chi connectivity index (χ4n) is 2.82. The molecule has 0 saturated heterocycles. The van der Waals surface area contributed by atoms with E-state index in [1.54, 1.807) is 0 Å². The molecule has 0 atom stereocenters. The second-order valence-electron chi connectivity index (χ2n) is 5.50. The maximum absolute atomic E-state index is 11.9. The van der Waals surface area contributed by atoms with Crippen LogP contribution in [0.15, 0.2) is 18.2 Å². The zero-order valence-corrected chi connectivity index (χ0v) is 11.5. The monoisotopic (exact) mass is 257 g/mol. The lowest BCUT2D eigenvalue weighted by Crippen LogP contribution is -2.11. The number of benzene rings is 1. The molecule has 1 heterocycles. The number of rotatable bonds is 2. The summed E-state index contributed by atoms with van der Waals surface area (Å²) in [4.78, 5) is 15.4. The third kappa shape index (κ3) is 2.25. The average Bonchev–Trinajstić information content (AvgIpc) is 2.75. The average molecular weight is 257 g/mol. The molecule has 0 unspecified atom stereocenters. The number of carbonyl (C=O) groups is 1. The van der Waals surface area contributed by atoms with Gasteiger partial charge in [-0.2, -0.15) is 0 Å². The van der Waals surface area contributed by atoms with Crippen molar-refractivity contribution in [3.05, 3.63) is 35.0 Å². The van der Waals surface area contributed by atoms with Crippen molar-refractivity contribution in [2.24, 2.45) is 0 Å². The molecule has 3 heteroatoms. The summed E-state index contributed by atoms with van der Waals surface area (Å²) in [5.74, 6) is -0.246. The van der Waals surface area contributed by atoms with Gasteiger partial charge in [-0.3, -0.25) is 0 Å². The van der Waals surface area contributed by atoms with Crippen LogP contribution in [0.1, 0.15) is 48.3 Å². The number of esters is 1. The molecule has 0 fully saturated rings. The predicted octanol–water partition coefficient (Wildman–Crippen LogP) is 3.61. The topological polar surface area (TPSA) is 42.1 Å². The highest BCUT2D eigenvalue weighted by Gasteiger charge is 2.17. The first-order valence-electron chi connectivity index (χ1n) is 6.99. The maximum Gasteiger partial charge on any atom is 0.338 e. The van der Waals surface area contributed by atoms with Gasteiger partial charge in [-0.15, -0.1) is 0 Å². The minimum absolute atomic E-state index is 0.0833. The van der Waals surface area contributed by atoms with Gasteiger partial charge in [0.05, 0.1) is 11.7 Å². The van der Waals surface area contributed by atoms with E-state index < -0.39 is 0 Å². The first-order valence-corrected chi connectivity index (χ1v) is 6.99. The number of fused-ring (bicyclic) bond motifs is 3. The standard InChI is InChI=1S/C16H19NO2/c1-10(2)19-16(18)11-7-8-13-12-5-3-4-6-14(12)17-15(13)9-11/h7-10,17H,3-6H2,1-2H3. The Bertz CT molecular complexity index is 625. The van der Waals surface area contributed by atoms with E-state index in [-0.39, 0.29) is 12.1 Å². The van der Waals surface area contributed by atoms with Crippen LogP contribution in [0.5, 0.6) is 0 Å². The van der Waals surface area contributed by atoms with E-state index in [2.05, 4.69) is 4.98 Å². The number of nitrogens with one attached hydrogen (secondary N) is 1. The van der Waals surface area contributed by atoms with Crippen molar-refractivity contribution < 1.29 is 9.53 Å². The van der Waals surface area contributed by atoms with Gasteiger partial charge >= 0.3 is 5.97 Å². The summed E-state index contributed by atoms with van der Waals surface area (Å²) >= 11 is 0. The Balaban J connectivity index is 2.00. The van der Waals surface area contributed by atoms with E-state index in [4.69, 9.17) is 4.74 Å². The van der Waals surface area contributed by atoms with Crippen LogP contribution in [0.2, 0.25) is 0 Å². The van der Waals surface area contributed by atoms with E-state index in [9.17, 15) is 4.79 Å². The highest BCUT2D eigenvalue weighted by Crippen LogP contribution is 2.29. The van der Waals surface area contributed by atoms with E-state index in [0.29, 0.717) is 5.56 Å². The molecule has 0 amide bonds. The second-order valence-corrected chi connectivity index (χ2v) is 5.50. The van der Waals surface area contributed by atoms with E-state index in [1.807, 2.05) is 32.0 Å². The summed E-state index contributed by atoms with van der Waals surface area (Å²) in [6.07, 6.45) is 4.69. The first kappa shape index (κ1) is 12.3. The van der Waals surface area contributed by atoms with Crippen molar-refractivity contribution in [1.82, 2.24) is 4.98 Å². The Morgan fingerprint density at radius 3 is 2.84 bits per heavy atom. The number of hydrogen-bond acceptors (Lipinski definition) is 2. The summed E-state index contributed by atoms with van der Waals surface area (Å²) in [5.41, 5.74) is 4.46. The van der Waals surface area contributed by atoms with Gasteiger partial charge < -0.3 is 9.72 Å². The summed E-state index contributed by atoms with van der Waals surface area (Å²) in [6, 6.07) is 5.83. The van der Waals surface area contributed by atoms with Crippen LogP contribution in [0.25, 0.3) is 10.9 Å². The third-order valence-electron chi connectivity index (χ3n) is 3.68. The van der Waals surface area contributed by atoms with Crippen LogP contribution < -0.4 is 0 Å². The molecule has 0 radical (unpaired) electrons. The molecule has 1 N–H and O–H groups in total. The number of aromatic nitrogens is 1. The molecular formula is C16H19NO2. The molecule has 19 heavy (non-hydrogen) atoms. The number of aromatic amines is 1. The minimum Gasteiger partial charge on any atom is -0.459 e. The highest BCUT2D eigenvalue weighted by atomic mass is 16.5. The Morgan fingerprint density at radius 2 is 2.05 bits per heavy atom. The molecule has 1 aliphatic rings. The fourth-order valence-corrected chi connectivity index (χ4v) is 2.82. The Kier molecular flexibility index (Phi) is 3.05. The van der Waals surface area contributed by atoms with Crippen LogP contribution in [-0.4, -0.2) is 17.1 Å². The first-order chi connectivity index (χ1) is 9.15. The maximum atomic E-state index is 11.9. The number of H-pyrrole nitrogens is 1. The van der Waals surface area contributed by atoms with Crippen molar-refractivity contribution in [3.63, 3.8) is 0 Å². The van der Waals surface area contributed by atoms with Crippen molar-refractivity contribution in [2.75, 3.05) is 0 Å². The number of hydrogen-bond donors (Lipinski definition) is 1. The lowest BCUT2D eigenvalue weighted by Gasteiger charge is -2.10. The molecular weight excluding hydrogens is 238 g/mol. The zero-order chi connectivity index (χ0) is 13.4. The van der Waals surface area contributed by atoms with Gasteiger partial charge in [0.1, 0.15) is 0 Å². The molecule has 0 spiro atoms. The smallest absolute Gasteiger partial charge is 0.338 e. The van der Waals surface area contributed by atoms with Gasteiger partial charge in [0.15, 0.2) is 0 Å². The van der Waals surface area contributed by atoms with Gasteiger partial charge in [0, 0.05) is 16.6 Å². The van der Waals surface area contributed by atoms with E-state index in [0.717, 1.165) is 18.4 Å². The molecule has 0 saturated carbocycles. The molecule has 1 aromatic carbocycles. The molecule has 3 rings (SSSR count). The van der Waals surface area contributed by atoms with Crippen LogP contribution in [0, 0.1) is 0 Å². The predicted molar refractivity (Wildman–Crippen MR) is 75.5 cm³/mol. The van der Waals surface area contributed by atoms with Gasteiger partial charge in [-0.1, -0.05) is 6.07 Å². The number of carbonyl (C=O) groups excluding carboxylic acids is 1. The van der Waals surface area contributed by atoms with Crippen LogP contribution >= 0.6 is 0 Å². The zero-order valence-electron chi connectivity index (χ0n) is 11.5. The fraction of sp³-hybridized carbons (Fsp3) is 0.438. The second kappa shape index (κ2) is 4.72. The van der Waals surface area contributed by atoms with Crippen molar-refractivity contribution in [1.29, 1.82) is 0 Å². The third-order valence-corrected chi connectivity index (χ3v) is 3.68. The van der Waals surface area contributed by atoms with Crippen LogP contribution in [-0.2, 0) is 17.6 Å². The molecule has 1 aliphatic carbocycles. The number of aryl methyl sites for hydroxylation is 2. The summed E-state index contributed by atoms with van der Waals surface area (Å²) in [7, 11) is 0. The van der Waals surface area contributed by atoms with Gasteiger partial charge in [0.2, 0.25) is 0 Å². The van der Waals surface area contributed by atoms with Crippen molar-refractivity contribution in [3.8, 4) is 0 Å². The van der Waals surface area contributed by atoms with Crippen LogP contribution in [0.4, 0.5) is 0 Å². The lowest BCUT2D eigenvalue weighted by molar-refractivity contribution is 0.0378. The molecule has 0 aliphatic heterocycles. The number of ether oxygens (including phenoxy) is 1. The molecule has 1 aromatic heterocycles. The summed E-state index contributed by atoms with van der Waals surface area (Å²) < 4.78 is 5.23. The quantitative estimate of drug-likeness (QED) is 0.835. The van der Waals surface area contributed by atoms with Crippen LogP contribution in [0.3, 0.4) is 0 Å². The Hall–Kier alpha value is -1.77. The summed E-state index contributed by atoms with van der Waals surface area (Å²) in [6.45, 7) is 3.73. The Labute approximate surface area is 113 Å². The summed E-state index contributed by atoms with van der Waals surface area (Å²) in [5, 5.41) is 1.26. The minimum atomic E-state index is -0.246. The SMILES string of the molecule is CC(C)OC(=O)c1ccc2c3c([nH]c2c1)CCCC3. The largest absolute Gasteiger partial charge is 0.459 e. The van der Waals surface area contributed by atoms with Gasteiger partial charge in [0.25, 0.3) is 0 Å². The van der Waals surface area contributed by atoms with E-state index >= 15 is 0 Å². The Morgan fingerprint density at radius 1 is 1.26 bits per heavy atom. The molecule has 2 aromatic rings. The van der Waals surface area contributed by atoms with Crippen molar-refractivity contribution in [2.45, 2.75) is 45.6 Å². The molecule has 100 valence electrons. The molecule has 0 bridgehead atoms. The van der Waals surface area contributed by atoms with Crippen molar-refractivity contribution >= 4 is 16.9 Å².